The Labute approximate surface area is 180 Å². The lowest BCUT2D eigenvalue weighted by Gasteiger charge is -2.30. The molecule has 31 heavy (non-hydrogen) atoms. The number of carbonyl (C=O) groups excluding carboxylic acids is 2. The van der Waals surface area contributed by atoms with Crippen molar-refractivity contribution in [3.63, 3.8) is 0 Å². The summed E-state index contributed by atoms with van der Waals surface area (Å²) < 4.78 is 1.70. The number of nitrogens with one attached hydrogen (secondary N) is 1. The van der Waals surface area contributed by atoms with Crippen molar-refractivity contribution >= 4 is 11.8 Å². The molecule has 2 aliphatic rings. The molecule has 1 N–H and O–H groups in total. The Hall–Kier alpha value is -3.67. The molecule has 0 spiro atoms. The summed E-state index contributed by atoms with van der Waals surface area (Å²) in [5.74, 6) is -0.115. The number of aromatic nitrogens is 1. The largest absolute Gasteiger partial charge is 0.345 e. The van der Waals surface area contributed by atoms with Crippen LogP contribution in [0.1, 0.15) is 45.1 Å². The van der Waals surface area contributed by atoms with Gasteiger partial charge in [-0.3, -0.25) is 14.4 Å². The first-order valence-electron chi connectivity index (χ1n) is 10.5. The number of carbonyl (C=O) groups is 2. The predicted molar refractivity (Wildman–Crippen MR) is 117 cm³/mol. The van der Waals surface area contributed by atoms with Gasteiger partial charge in [0.2, 0.25) is 5.91 Å². The van der Waals surface area contributed by atoms with E-state index in [0.717, 1.165) is 22.3 Å². The van der Waals surface area contributed by atoms with E-state index in [9.17, 15) is 14.4 Å². The van der Waals surface area contributed by atoms with E-state index in [1.165, 1.54) is 0 Å². The normalized spacial score (nSPS) is 17.1. The van der Waals surface area contributed by atoms with E-state index in [1.807, 2.05) is 59.6 Å². The molecule has 0 fully saturated rings. The zero-order chi connectivity index (χ0) is 21.4. The van der Waals surface area contributed by atoms with Gasteiger partial charge in [-0.25, -0.2) is 0 Å². The second-order valence-electron chi connectivity index (χ2n) is 8.16. The Morgan fingerprint density at radius 2 is 1.77 bits per heavy atom. The molecule has 3 aromatic rings. The average Bonchev–Trinajstić information content (AvgIpc) is 3.10. The van der Waals surface area contributed by atoms with E-state index in [-0.39, 0.29) is 29.8 Å². The average molecular weight is 413 g/mol. The fourth-order valence-corrected chi connectivity index (χ4v) is 4.48. The Morgan fingerprint density at radius 3 is 2.61 bits per heavy atom. The smallest absolute Gasteiger partial charge is 0.252 e. The molecule has 0 saturated carbocycles. The summed E-state index contributed by atoms with van der Waals surface area (Å²) in [7, 11) is 0. The summed E-state index contributed by atoms with van der Waals surface area (Å²) in [6, 6.07) is 18.7. The van der Waals surface area contributed by atoms with Gasteiger partial charge >= 0.3 is 0 Å². The van der Waals surface area contributed by atoms with E-state index in [1.54, 1.807) is 16.7 Å². The molecule has 1 unspecified atom stereocenters. The Kier molecular flexibility index (Phi) is 4.90. The second-order valence-corrected chi connectivity index (χ2v) is 8.16. The van der Waals surface area contributed by atoms with Crippen LogP contribution >= 0.6 is 0 Å². The van der Waals surface area contributed by atoms with Crippen molar-refractivity contribution in [2.45, 2.75) is 32.0 Å². The molecular formula is C25H23N3O3. The van der Waals surface area contributed by atoms with Gasteiger partial charge in [-0.2, -0.15) is 0 Å². The molecule has 1 atom stereocenters. The van der Waals surface area contributed by atoms with Gasteiger partial charge in [-0.15, -0.1) is 0 Å². The maximum absolute atomic E-state index is 13.0. The van der Waals surface area contributed by atoms with E-state index in [4.69, 9.17) is 0 Å². The fraction of sp³-hybridized carbons (Fsp3) is 0.240. The van der Waals surface area contributed by atoms with Crippen molar-refractivity contribution in [2.75, 3.05) is 6.54 Å². The van der Waals surface area contributed by atoms with Gasteiger partial charge in [0.1, 0.15) is 0 Å². The van der Waals surface area contributed by atoms with Gasteiger partial charge in [-0.1, -0.05) is 48.5 Å². The molecule has 3 heterocycles. The molecule has 6 nitrogen and oxygen atoms in total. The Balaban J connectivity index is 1.32. The molecule has 0 radical (unpaired) electrons. The van der Waals surface area contributed by atoms with Crippen molar-refractivity contribution in [3.05, 3.63) is 105 Å². The number of rotatable bonds is 4. The molecule has 2 amide bonds. The molecule has 1 aromatic heterocycles. The van der Waals surface area contributed by atoms with E-state index in [2.05, 4.69) is 5.32 Å². The van der Waals surface area contributed by atoms with Crippen LogP contribution < -0.4 is 10.9 Å². The van der Waals surface area contributed by atoms with E-state index < -0.39 is 0 Å². The highest BCUT2D eigenvalue weighted by molar-refractivity contribution is 5.99. The minimum absolute atomic E-state index is 0.00784. The van der Waals surface area contributed by atoms with Crippen molar-refractivity contribution in [2.24, 2.45) is 0 Å². The van der Waals surface area contributed by atoms with E-state index in [0.29, 0.717) is 31.6 Å². The van der Waals surface area contributed by atoms with Crippen molar-refractivity contribution in [3.8, 4) is 0 Å². The summed E-state index contributed by atoms with van der Waals surface area (Å²) in [4.78, 5) is 39.5. The lowest BCUT2D eigenvalue weighted by Crippen LogP contribution is -2.39. The number of benzene rings is 2. The maximum atomic E-state index is 13.0. The first-order valence-corrected chi connectivity index (χ1v) is 10.5. The highest BCUT2D eigenvalue weighted by Crippen LogP contribution is 2.29. The summed E-state index contributed by atoms with van der Waals surface area (Å²) in [5, 5.41) is 2.92. The Morgan fingerprint density at radius 1 is 1.00 bits per heavy atom. The number of fused-ring (bicyclic) bond motifs is 2. The van der Waals surface area contributed by atoms with Gasteiger partial charge in [0.15, 0.2) is 0 Å². The van der Waals surface area contributed by atoms with Crippen LogP contribution in [0, 0.1) is 0 Å². The number of hydrogen-bond donors (Lipinski definition) is 1. The van der Waals surface area contributed by atoms with Crippen LogP contribution in [0.2, 0.25) is 0 Å². The van der Waals surface area contributed by atoms with E-state index >= 15 is 0 Å². The SMILES string of the molecule is O=C1NC(CC(=O)N2CCc3cc(=O)n(Cc4ccccc4)cc3C2)c2ccccc21. The lowest BCUT2D eigenvalue weighted by atomic mass is 9.99. The third-order valence-corrected chi connectivity index (χ3v) is 6.13. The van der Waals surface area contributed by atoms with Crippen LogP contribution in [-0.2, 0) is 24.3 Å². The third kappa shape index (κ3) is 3.77. The first-order chi connectivity index (χ1) is 15.1. The minimum Gasteiger partial charge on any atom is -0.345 e. The van der Waals surface area contributed by atoms with Gasteiger partial charge in [-0.05, 0) is 34.7 Å². The summed E-state index contributed by atoms with van der Waals surface area (Å²) in [6.45, 7) is 1.56. The van der Waals surface area contributed by atoms with Crippen molar-refractivity contribution in [1.82, 2.24) is 14.8 Å². The highest BCUT2D eigenvalue weighted by Gasteiger charge is 2.31. The highest BCUT2D eigenvalue weighted by atomic mass is 16.2. The van der Waals surface area contributed by atoms with Crippen LogP contribution in [0.25, 0.3) is 0 Å². The van der Waals surface area contributed by atoms with Gasteiger partial charge in [0, 0.05) is 30.9 Å². The Bertz CT molecular complexity index is 1220. The van der Waals surface area contributed by atoms with Gasteiger partial charge in [0.05, 0.1) is 19.0 Å². The summed E-state index contributed by atoms with van der Waals surface area (Å²) >= 11 is 0. The second kappa shape index (κ2) is 7.87. The summed E-state index contributed by atoms with van der Waals surface area (Å²) in [5.41, 5.74) is 4.59. The molecule has 2 aromatic carbocycles. The van der Waals surface area contributed by atoms with Crippen LogP contribution in [0.15, 0.2) is 71.7 Å². The third-order valence-electron chi connectivity index (χ3n) is 6.13. The van der Waals surface area contributed by atoms with Gasteiger partial charge < -0.3 is 14.8 Å². The van der Waals surface area contributed by atoms with Crippen molar-refractivity contribution in [1.29, 1.82) is 0 Å². The maximum Gasteiger partial charge on any atom is 0.252 e. The molecule has 156 valence electrons. The van der Waals surface area contributed by atoms with Gasteiger partial charge in [0.25, 0.3) is 11.5 Å². The van der Waals surface area contributed by atoms with Crippen LogP contribution in [0.3, 0.4) is 0 Å². The molecule has 0 saturated heterocycles. The van der Waals surface area contributed by atoms with Crippen LogP contribution in [-0.4, -0.2) is 27.8 Å². The minimum atomic E-state index is -0.287. The number of pyridine rings is 1. The molecule has 5 rings (SSSR count). The number of hydrogen-bond acceptors (Lipinski definition) is 3. The molecule has 0 bridgehead atoms. The predicted octanol–water partition coefficient (Wildman–Crippen LogP) is 2.66. The topological polar surface area (TPSA) is 71.4 Å². The lowest BCUT2D eigenvalue weighted by molar-refractivity contribution is -0.132. The molecule has 6 heteroatoms. The molecular weight excluding hydrogens is 390 g/mol. The number of amides is 2. The molecule has 2 aliphatic heterocycles. The zero-order valence-corrected chi connectivity index (χ0v) is 17.1. The number of nitrogens with zero attached hydrogens (tertiary/aromatic N) is 2. The fourth-order valence-electron chi connectivity index (χ4n) is 4.48. The first kappa shape index (κ1) is 19.3. The quantitative estimate of drug-likeness (QED) is 0.715. The molecule has 0 aliphatic carbocycles. The van der Waals surface area contributed by atoms with Crippen LogP contribution in [0.5, 0.6) is 0 Å². The van der Waals surface area contributed by atoms with Crippen LogP contribution in [0.4, 0.5) is 0 Å². The summed E-state index contributed by atoms with van der Waals surface area (Å²) in [6.07, 6.45) is 2.79. The monoisotopic (exact) mass is 413 g/mol. The standard InChI is InChI=1S/C25H23N3O3/c29-23-12-18-10-11-27(15-19(18)16-28(23)14-17-6-2-1-3-7-17)24(30)13-22-20-8-4-5-9-21(20)25(31)26-22/h1-9,12,16,22H,10-11,13-15H2,(H,26,31). The van der Waals surface area contributed by atoms with Crippen molar-refractivity contribution < 1.29 is 9.59 Å². The zero-order valence-electron chi connectivity index (χ0n) is 17.1.